The van der Waals surface area contributed by atoms with Crippen LogP contribution in [0.3, 0.4) is 0 Å². The highest BCUT2D eigenvalue weighted by molar-refractivity contribution is 9.08. The molecule has 0 N–H and O–H groups in total. The summed E-state index contributed by atoms with van der Waals surface area (Å²) in [5, 5.41) is 8.61. The summed E-state index contributed by atoms with van der Waals surface area (Å²) in [6.07, 6.45) is 4.39. The summed E-state index contributed by atoms with van der Waals surface area (Å²) in [6.45, 7) is 0. The second-order valence-electron chi connectivity index (χ2n) is 2.52. The molecule has 0 radical (unpaired) electrons. The van der Waals surface area contributed by atoms with Crippen LogP contribution in [0.25, 0.3) is 0 Å². The van der Waals surface area contributed by atoms with Crippen molar-refractivity contribution >= 4 is 15.9 Å². The van der Waals surface area contributed by atoms with Crippen molar-refractivity contribution < 1.29 is 0 Å². The molecular weight excluding hydrogens is 194 g/mol. The molecule has 3 nitrogen and oxygen atoms in total. The van der Waals surface area contributed by atoms with Gasteiger partial charge in [0.05, 0.1) is 5.33 Å². The maximum Gasteiger partial charge on any atom is 0.143 e. The zero-order chi connectivity index (χ0) is 6.97. The summed E-state index contributed by atoms with van der Waals surface area (Å²) in [4.78, 5) is 0. The predicted molar refractivity (Wildman–Crippen MR) is 40.9 cm³/mol. The van der Waals surface area contributed by atoms with Crippen LogP contribution >= 0.6 is 15.9 Å². The molecule has 1 aromatic heterocycles. The fourth-order valence-corrected chi connectivity index (χ4v) is 1.42. The van der Waals surface area contributed by atoms with Crippen molar-refractivity contribution in [3.63, 3.8) is 0 Å². The third kappa shape index (κ3) is 0.963. The Morgan fingerprint density at radius 3 is 3.10 bits per heavy atom. The minimum Gasteiger partial charge on any atom is -0.314 e. The molecule has 1 aliphatic rings. The highest BCUT2D eigenvalue weighted by Crippen LogP contribution is 2.35. The van der Waals surface area contributed by atoms with Gasteiger partial charge in [-0.25, -0.2) is 0 Å². The summed E-state index contributed by atoms with van der Waals surface area (Å²) in [5.41, 5.74) is 0. The molecule has 0 spiro atoms. The average Bonchev–Trinajstić information content (AvgIpc) is 2.69. The molecule has 0 saturated heterocycles. The van der Waals surface area contributed by atoms with Crippen LogP contribution in [-0.2, 0) is 5.33 Å². The molecule has 2 rings (SSSR count). The van der Waals surface area contributed by atoms with E-state index in [0.29, 0.717) is 6.04 Å². The molecule has 1 heterocycles. The van der Waals surface area contributed by atoms with Crippen LogP contribution < -0.4 is 0 Å². The largest absolute Gasteiger partial charge is 0.314 e. The normalized spacial score (nSPS) is 17.7. The molecule has 0 atom stereocenters. The van der Waals surface area contributed by atoms with Gasteiger partial charge in [0.1, 0.15) is 12.2 Å². The number of rotatable bonds is 2. The van der Waals surface area contributed by atoms with Crippen LogP contribution in [0.1, 0.15) is 24.7 Å². The summed E-state index contributed by atoms with van der Waals surface area (Å²) in [7, 11) is 0. The molecular formula is C6H8BrN3. The minimum atomic E-state index is 0.697. The van der Waals surface area contributed by atoms with Crippen molar-refractivity contribution in [2.24, 2.45) is 0 Å². The summed E-state index contributed by atoms with van der Waals surface area (Å²) >= 11 is 3.36. The predicted octanol–water partition coefficient (Wildman–Crippen LogP) is 1.51. The van der Waals surface area contributed by atoms with Gasteiger partial charge in [-0.2, -0.15) is 0 Å². The highest BCUT2D eigenvalue weighted by atomic mass is 79.9. The van der Waals surface area contributed by atoms with Crippen LogP contribution in [0.2, 0.25) is 0 Å². The molecule has 1 aromatic rings. The fourth-order valence-electron chi connectivity index (χ4n) is 1.02. The van der Waals surface area contributed by atoms with Gasteiger partial charge in [0, 0.05) is 6.04 Å². The van der Waals surface area contributed by atoms with Gasteiger partial charge < -0.3 is 4.57 Å². The van der Waals surface area contributed by atoms with E-state index < -0.39 is 0 Å². The second-order valence-corrected chi connectivity index (χ2v) is 3.08. The molecule has 1 saturated carbocycles. The monoisotopic (exact) mass is 201 g/mol. The highest BCUT2D eigenvalue weighted by Gasteiger charge is 2.25. The number of alkyl halides is 1. The number of halogens is 1. The van der Waals surface area contributed by atoms with Gasteiger partial charge in [-0.05, 0) is 12.8 Å². The maximum absolute atomic E-state index is 3.96. The third-order valence-corrected chi connectivity index (χ3v) is 2.21. The van der Waals surface area contributed by atoms with E-state index in [1.54, 1.807) is 0 Å². The summed E-state index contributed by atoms with van der Waals surface area (Å²) in [5.74, 6) is 1.04. The van der Waals surface area contributed by atoms with Crippen molar-refractivity contribution in [2.45, 2.75) is 24.2 Å². The maximum atomic E-state index is 3.96. The quantitative estimate of drug-likeness (QED) is 0.680. The van der Waals surface area contributed by atoms with E-state index in [0.717, 1.165) is 11.2 Å². The van der Waals surface area contributed by atoms with Crippen LogP contribution in [0, 0.1) is 0 Å². The topological polar surface area (TPSA) is 30.7 Å². The first-order chi connectivity index (χ1) is 4.92. The molecule has 0 bridgehead atoms. The van der Waals surface area contributed by atoms with Crippen molar-refractivity contribution in [1.29, 1.82) is 0 Å². The van der Waals surface area contributed by atoms with Gasteiger partial charge in [0.2, 0.25) is 0 Å². The van der Waals surface area contributed by atoms with Gasteiger partial charge in [-0.3, -0.25) is 0 Å². The Bertz CT molecular complexity index is 229. The van der Waals surface area contributed by atoms with Gasteiger partial charge in [0.15, 0.2) is 0 Å². The number of nitrogens with zero attached hydrogens (tertiary/aromatic N) is 3. The van der Waals surface area contributed by atoms with E-state index in [1.165, 1.54) is 12.8 Å². The minimum absolute atomic E-state index is 0.697. The molecule has 0 amide bonds. The van der Waals surface area contributed by atoms with Gasteiger partial charge in [-0.1, -0.05) is 15.9 Å². The molecule has 1 fully saturated rings. The molecule has 10 heavy (non-hydrogen) atoms. The Labute approximate surface area is 67.6 Å². The Hall–Kier alpha value is -0.380. The molecule has 1 aliphatic carbocycles. The third-order valence-electron chi connectivity index (χ3n) is 1.71. The number of hydrogen-bond acceptors (Lipinski definition) is 2. The lowest BCUT2D eigenvalue weighted by atomic mass is 10.6. The van der Waals surface area contributed by atoms with Crippen LogP contribution in [0.4, 0.5) is 0 Å². The molecule has 54 valence electrons. The van der Waals surface area contributed by atoms with Crippen molar-refractivity contribution in [3.05, 3.63) is 12.2 Å². The zero-order valence-corrected chi connectivity index (χ0v) is 7.08. The first-order valence-corrected chi connectivity index (χ1v) is 4.48. The Morgan fingerprint density at radius 1 is 1.70 bits per heavy atom. The van der Waals surface area contributed by atoms with Crippen molar-refractivity contribution in [1.82, 2.24) is 14.8 Å². The van der Waals surface area contributed by atoms with Crippen molar-refractivity contribution in [3.8, 4) is 0 Å². The number of hydrogen-bond donors (Lipinski definition) is 0. The van der Waals surface area contributed by atoms with E-state index in [1.807, 2.05) is 6.33 Å². The Kier molecular flexibility index (Phi) is 1.48. The SMILES string of the molecule is BrCc1nncn1C1CC1. The van der Waals surface area contributed by atoms with E-state index in [4.69, 9.17) is 0 Å². The van der Waals surface area contributed by atoms with Crippen LogP contribution in [0.5, 0.6) is 0 Å². The van der Waals surface area contributed by atoms with Gasteiger partial charge in [0.25, 0.3) is 0 Å². The van der Waals surface area contributed by atoms with Gasteiger partial charge >= 0.3 is 0 Å². The summed E-state index contributed by atoms with van der Waals surface area (Å²) < 4.78 is 2.15. The van der Waals surface area contributed by atoms with Crippen molar-refractivity contribution in [2.75, 3.05) is 0 Å². The molecule has 4 heteroatoms. The average molecular weight is 202 g/mol. The van der Waals surface area contributed by atoms with Crippen LogP contribution in [-0.4, -0.2) is 14.8 Å². The lowest BCUT2D eigenvalue weighted by Gasteiger charge is -1.98. The molecule has 0 aromatic carbocycles. The fraction of sp³-hybridized carbons (Fsp3) is 0.667. The standard InChI is InChI=1S/C6H8BrN3/c7-3-6-9-8-4-10(6)5-1-2-5/h4-5H,1-3H2. The molecule has 0 unspecified atom stereocenters. The van der Waals surface area contributed by atoms with E-state index in [9.17, 15) is 0 Å². The van der Waals surface area contributed by atoms with E-state index in [-0.39, 0.29) is 0 Å². The van der Waals surface area contributed by atoms with E-state index in [2.05, 4.69) is 30.7 Å². The summed E-state index contributed by atoms with van der Waals surface area (Å²) in [6, 6.07) is 0.697. The Balaban J connectivity index is 2.28. The smallest absolute Gasteiger partial charge is 0.143 e. The lowest BCUT2D eigenvalue weighted by Crippen LogP contribution is -1.96. The Morgan fingerprint density at radius 2 is 2.50 bits per heavy atom. The zero-order valence-electron chi connectivity index (χ0n) is 5.50. The molecule has 0 aliphatic heterocycles. The van der Waals surface area contributed by atoms with Crippen LogP contribution in [0.15, 0.2) is 6.33 Å². The first-order valence-electron chi connectivity index (χ1n) is 3.36. The first kappa shape index (κ1) is 6.34. The van der Waals surface area contributed by atoms with Gasteiger partial charge in [-0.15, -0.1) is 10.2 Å². The lowest BCUT2D eigenvalue weighted by molar-refractivity contribution is 0.707. The number of aromatic nitrogens is 3. The van der Waals surface area contributed by atoms with E-state index >= 15 is 0 Å². The second kappa shape index (κ2) is 2.34.